The largest absolute Gasteiger partial charge is 0.295 e. The molecule has 0 saturated heterocycles. The van der Waals surface area contributed by atoms with Gasteiger partial charge in [-0.25, -0.2) is 0 Å². The zero-order valence-electron chi connectivity index (χ0n) is 7.10. The first-order chi connectivity index (χ1) is 4.93. The van der Waals surface area contributed by atoms with Crippen LogP contribution in [-0.2, 0) is 9.59 Å². The van der Waals surface area contributed by atoms with E-state index in [1.165, 1.54) is 6.08 Å². The van der Waals surface area contributed by atoms with E-state index in [4.69, 9.17) is 0 Å². The van der Waals surface area contributed by atoms with E-state index in [0.29, 0.717) is 12.0 Å². The molecule has 2 nitrogen and oxygen atoms in total. The summed E-state index contributed by atoms with van der Waals surface area (Å²) >= 11 is 0. The minimum atomic E-state index is -0.476. The van der Waals surface area contributed by atoms with Gasteiger partial charge in [-0.3, -0.25) is 9.59 Å². The van der Waals surface area contributed by atoms with Gasteiger partial charge < -0.3 is 0 Å². The first kappa shape index (κ1) is 8.18. The predicted octanol–water partition coefficient (Wildman–Crippen LogP) is 1.50. The van der Waals surface area contributed by atoms with Crippen LogP contribution >= 0.6 is 0 Å². The van der Waals surface area contributed by atoms with Crippen molar-refractivity contribution < 1.29 is 9.59 Å². The lowest BCUT2D eigenvalue weighted by Crippen LogP contribution is -2.30. The highest BCUT2D eigenvalue weighted by molar-refractivity contribution is 6.10. The van der Waals surface area contributed by atoms with Crippen molar-refractivity contribution in [3.8, 4) is 0 Å². The molecule has 0 aliphatic heterocycles. The first-order valence-corrected chi connectivity index (χ1v) is 3.69. The van der Waals surface area contributed by atoms with Crippen molar-refractivity contribution in [1.82, 2.24) is 0 Å². The normalized spacial score (nSPS) is 23.4. The Morgan fingerprint density at radius 2 is 1.91 bits per heavy atom. The monoisotopic (exact) mass is 152 g/mol. The summed E-state index contributed by atoms with van der Waals surface area (Å²) in [6, 6.07) is 0. The molecule has 0 fully saturated rings. The lowest BCUT2D eigenvalue weighted by Gasteiger charge is -2.24. The minimum Gasteiger partial charge on any atom is -0.295 e. The quantitative estimate of drug-likeness (QED) is 0.527. The zero-order chi connectivity index (χ0) is 8.65. The van der Waals surface area contributed by atoms with Gasteiger partial charge in [-0.05, 0) is 18.6 Å². The Labute approximate surface area is 66.3 Å². The van der Waals surface area contributed by atoms with Crippen molar-refractivity contribution in [3.63, 3.8) is 0 Å². The van der Waals surface area contributed by atoms with Gasteiger partial charge in [0, 0.05) is 11.8 Å². The number of carbonyl (C=O) groups excluding carboxylic acids is 2. The molecule has 0 atom stereocenters. The molecule has 0 unspecified atom stereocenters. The molecule has 1 rings (SSSR count). The fourth-order valence-corrected chi connectivity index (χ4v) is 1.10. The van der Waals surface area contributed by atoms with Gasteiger partial charge in [-0.15, -0.1) is 0 Å². The number of hydrogen-bond donors (Lipinski definition) is 0. The fourth-order valence-electron chi connectivity index (χ4n) is 1.10. The molecule has 0 radical (unpaired) electrons. The van der Waals surface area contributed by atoms with E-state index in [1.54, 1.807) is 20.8 Å². The highest BCUT2D eigenvalue weighted by Crippen LogP contribution is 2.28. The van der Waals surface area contributed by atoms with Gasteiger partial charge in [-0.1, -0.05) is 13.8 Å². The van der Waals surface area contributed by atoms with E-state index in [2.05, 4.69) is 0 Å². The second kappa shape index (κ2) is 2.29. The van der Waals surface area contributed by atoms with E-state index in [-0.39, 0.29) is 11.6 Å². The van der Waals surface area contributed by atoms with Crippen LogP contribution in [0.25, 0.3) is 0 Å². The molecule has 0 aromatic heterocycles. The molecule has 0 N–H and O–H groups in total. The van der Waals surface area contributed by atoms with Gasteiger partial charge in [0.2, 0.25) is 0 Å². The number of hydrogen-bond acceptors (Lipinski definition) is 2. The van der Waals surface area contributed by atoms with E-state index in [1.807, 2.05) is 0 Å². The Balaban J connectivity index is 3.03. The van der Waals surface area contributed by atoms with Crippen LogP contribution in [0.1, 0.15) is 27.2 Å². The molecule has 0 spiro atoms. The predicted molar refractivity (Wildman–Crippen MR) is 42.2 cm³/mol. The first-order valence-electron chi connectivity index (χ1n) is 3.69. The maximum atomic E-state index is 11.2. The van der Waals surface area contributed by atoms with Crippen molar-refractivity contribution in [2.45, 2.75) is 27.2 Å². The second-order valence-corrected chi connectivity index (χ2v) is 3.68. The Morgan fingerprint density at radius 3 is 2.36 bits per heavy atom. The lowest BCUT2D eigenvalue weighted by atomic mass is 9.77. The summed E-state index contributed by atoms with van der Waals surface area (Å²) in [5, 5.41) is 0. The molecule has 0 heterocycles. The van der Waals surface area contributed by atoms with Gasteiger partial charge in [0.05, 0.1) is 0 Å². The highest BCUT2D eigenvalue weighted by atomic mass is 16.1. The topological polar surface area (TPSA) is 34.1 Å². The second-order valence-electron chi connectivity index (χ2n) is 3.68. The highest BCUT2D eigenvalue weighted by Gasteiger charge is 2.33. The molecule has 60 valence electrons. The van der Waals surface area contributed by atoms with E-state index < -0.39 is 5.41 Å². The molecule has 2 heteroatoms. The van der Waals surface area contributed by atoms with Crippen LogP contribution in [0, 0.1) is 5.41 Å². The summed E-state index contributed by atoms with van der Waals surface area (Å²) in [5.74, 6) is 0.157. The maximum Gasteiger partial charge on any atom is 0.162 e. The van der Waals surface area contributed by atoms with Crippen LogP contribution in [0.3, 0.4) is 0 Å². The van der Waals surface area contributed by atoms with E-state index in [0.717, 1.165) is 0 Å². The number of carbonyl (C=O) groups is 2. The molecular weight excluding hydrogens is 140 g/mol. The average Bonchev–Trinajstić information content (AvgIpc) is 1.83. The summed E-state index contributed by atoms with van der Waals surface area (Å²) in [6.07, 6.45) is 1.81. The standard InChI is InChI=1S/C9H12O2/c1-6-4-8(11)9(2,3)5-7(6)10/h4H,5H2,1-3H3. The number of rotatable bonds is 0. The molecular formula is C9H12O2. The minimum absolute atomic E-state index is 0.0644. The summed E-state index contributed by atoms with van der Waals surface area (Å²) in [5.41, 5.74) is 0.116. The molecule has 0 aromatic rings. The Bertz CT molecular complexity index is 246. The lowest BCUT2D eigenvalue weighted by molar-refractivity contribution is -0.129. The van der Waals surface area contributed by atoms with Crippen LogP contribution in [0.5, 0.6) is 0 Å². The van der Waals surface area contributed by atoms with E-state index >= 15 is 0 Å². The van der Waals surface area contributed by atoms with Gasteiger partial charge in [-0.2, -0.15) is 0 Å². The summed E-state index contributed by atoms with van der Waals surface area (Å²) < 4.78 is 0. The van der Waals surface area contributed by atoms with Crippen LogP contribution in [0.2, 0.25) is 0 Å². The molecule has 1 aliphatic carbocycles. The van der Waals surface area contributed by atoms with Crippen molar-refractivity contribution in [3.05, 3.63) is 11.6 Å². The van der Waals surface area contributed by atoms with Crippen molar-refractivity contribution in [2.24, 2.45) is 5.41 Å². The SMILES string of the molecule is CC1=CC(=O)C(C)(C)CC1=O. The number of ketones is 2. The third kappa shape index (κ3) is 1.39. The van der Waals surface area contributed by atoms with Gasteiger partial charge in [0.25, 0.3) is 0 Å². The van der Waals surface area contributed by atoms with Crippen molar-refractivity contribution in [1.29, 1.82) is 0 Å². The Kier molecular flexibility index (Phi) is 1.70. The zero-order valence-corrected chi connectivity index (χ0v) is 7.10. The van der Waals surface area contributed by atoms with Crippen molar-refractivity contribution in [2.75, 3.05) is 0 Å². The molecule has 0 aromatic carbocycles. The summed E-state index contributed by atoms with van der Waals surface area (Å²) in [4.78, 5) is 22.4. The maximum absolute atomic E-state index is 11.2. The third-order valence-corrected chi connectivity index (χ3v) is 2.06. The summed E-state index contributed by atoms with van der Waals surface area (Å²) in [7, 11) is 0. The molecule has 0 bridgehead atoms. The fraction of sp³-hybridized carbons (Fsp3) is 0.556. The molecule has 11 heavy (non-hydrogen) atoms. The van der Waals surface area contributed by atoms with Gasteiger partial charge >= 0.3 is 0 Å². The van der Waals surface area contributed by atoms with Crippen LogP contribution in [0.15, 0.2) is 11.6 Å². The Hall–Kier alpha value is -0.920. The van der Waals surface area contributed by atoms with E-state index in [9.17, 15) is 9.59 Å². The number of allylic oxidation sites excluding steroid dienone is 2. The van der Waals surface area contributed by atoms with Gasteiger partial charge in [0.1, 0.15) is 0 Å². The van der Waals surface area contributed by atoms with Gasteiger partial charge in [0.15, 0.2) is 11.6 Å². The van der Waals surface area contributed by atoms with Crippen molar-refractivity contribution >= 4 is 11.6 Å². The Morgan fingerprint density at radius 1 is 1.36 bits per heavy atom. The third-order valence-electron chi connectivity index (χ3n) is 2.06. The van der Waals surface area contributed by atoms with Crippen LogP contribution in [-0.4, -0.2) is 11.6 Å². The summed E-state index contributed by atoms with van der Waals surface area (Å²) in [6.45, 7) is 5.29. The van der Waals surface area contributed by atoms with Crippen LogP contribution < -0.4 is 0 Å². The molecule has 1 aliphatic rings. The average molecular weight is 152 g/mol. The smallest absolute Gasteiger partial charge is 0.162 e. The number of Topliss-reactive ketones (excluding diaryl/α,β-unsaturated/α-hetero) is 1. The van der Waals surface area contributed by atoms with Crippen LogP contribution in [0.4, 0.5) is 0 Å². The molecule has 0 saturated carbocycles. The molecule has 0 amide bonds.